The summed E-state index contributed by atoms with van der Waals surface area (Å²) in [7, 11) is 1.59. The van der Waals surface area contributed by atoms with Crippen molar-refractivity contribution in [2.45, 2.75) is 37.5 Å². The van der Waals surface area contributed by atoms with Crippen LogP contribution in [0, 0.1) is 5.92 Å². The quantitative estimate of drug-likeness (QED) is 0.789. The lowest BCUT2D eigenvalue weighted by Crippen LogP contribution is -2.68. The number of hydrogen-bond donors (Lipinski definition) is 2. The van der Waals surface area contributed by atoms with Gasteiger partial charge in [0, 0.05) is 31.4 Å². The Labute approximate surface area is 151 Å². The van der Waals surface area contributed by atoms with E-state index in [1.54, 1.807) is 7.11 Å². The third-order valence-corrected chi connectivity index (χ3v) is 5.16. The van der Waals surface area contributed by atoms with Crippen LogP contribution in [0.4, 0.5) is 0 Å². The molecule has 0 unspecified atom stereocenters. The van der Waals surface area contributed by atoms with E-state index in [2.05, 4.69) is 15.5 Å². The number of aromatic nitrogens is 2. The maximum atomic E-state index is 12.2. The molecule has 2 fully saturated rings. The number of benzene rings is 1. The van der Waals surface area contributed by atoms with Gasteiger partial charge < -0.3 is 25.0 Å². The highest BCUT2D eigenvalue weighted by Gasteiger charge is 2.52. The van der Waals surface area contributed by atoms with Gasteiger partial charge >= 0.3 is 0 Å². The van der Waals surface area contributed by atoms with Gasteiger partial charge in [-0.2, -0.15) is 4.98 Å². The second kappa shape index (κ2) is 7.05. The molecule has 1 aliphatic carbocycles. The fourth-order valence-electron chi connectivity index (χ4n) is 3.70. The summed E-state index contributed by atoms with van der Waals surface area (Å²) in [5, 5.41) is 6.94. The summed E-state index contributed by atoms with van der Waals surface area (Å²) in [4.78, 5) is 16.6. The number of rotatable bonds is 6. The summed E-state index contributed by atoms with van der Waals surface area (Å²) in [5.41, 5.74) is 6.86. The Morgan fingerprint density at radius 2 is 2.27 bits per heavy atom. The number of aryl methyl sites for hydroxylation is 1. The Hall–Kier alpha value is -2.45. The van der Waals surface area contributed by atoms with Crippen LogP contribution >= 0.6 is 0 Å². The minimum Gasteiger partial charge on any atom is -0.496 e. The molecule has 2 aliphatic rings. The van der Waals surface area contributed by atoms with Crippen molar-refractivity contribution in [3.8, 4) is 17.1 Å². The largest absolute Gasteiger partial charge is 0.496 e. The van der Waals surface area contributed by atoms with Crippen molar-refractivity contribution >= 4 is 5.91 Å². The molecule has 4 rings (SSSR count). The van der Waals surface area contributed by atoms with Crippen LogP contribution in [0.25, 0.3) is 11.4 Å². The Balaban J connectivity index is 1.33. The molecule has 2 aromatic rings. The van der Waals surface area contributed by atoms with Crippen LogP contribution in [0.3, 0.4) is 0 Å². The van der Waals surface area contributed by atoms with Gasteiger partial charge in [-0.05, 0) is 18.6 Å². The predicted octanol–water partition coefficient (Wildman–Crippen LogP) is 0.909. The number of fused-ring (bicyclic) bond motifs is 1. The van der Waals surface area contributed by atoms with Crippen molar-refractivity contribution in [1.29, 1.82) is 0 Å². The van der Waals surface area contributed by atoms with Gasteiger partial charge in [-0.1, -0.05) is 17.3 Å². The zero-order chi connectivity index (χ0) is 18.1. The summed E-state index contributed by atoms with van der Waals surface area (Å²) < 4.78 is 16.2. The number of nitrogens with two attached hydrogens (primary N) is 1. The van der Waals surface area contributed by atoms with E-state index < -0.39 is 0 Å². The first kappa shape index (κ1) is 17.0. The lowest BCUT2D eigenvalue weighted by Gasteiger charge is -2.45. The molecule has 1 aromatic heterocycles. The van der Waals surface area contributed by atoms with Gasteiger partial charge in [0.2, 0.25) is 17.6 Å². The summed E-state index contributed by atoms with van der Waals surface area (Å²) >= 11 is 0. The normalized spacial score (nSPS) is 26.8. The number of hydrogen-bond acceptors (Lipinski definition) is 7. The number of amides is 1. The lowest BCUT2D eigenvalue weighted by molar-refractivity contribution is -0.125. The SMILES string of the molecule is COc1ccccc1-c1noc(CCC(=O)N[C@@H]2[C@@H](N)[C@H]3CCO[C@H]32)n1. The van der Waals surface area contributed by atoms with E-state index >= 15 is 0 Å². The van der Waals surface area contributed by atoms with Gasteiger partial charge in [-0.3, -0.25) is 4.79 Å². The number of carbonyl (C=O) groups excluding carboxylic acids is 1. The summed E-state index contributed by atoms with van der Waals surface area (Å²) in [6.07, 6.45) is 1.67. The molecule has 1 saturated carbocycles. The smallest absolute Gasteiger partial charge is 0.227 e. The molecule has 26 heavy (non-hydrogen) atoms. The molecule has 138 valence electrons. The minimum absolute atomic E-state index is 0.0213. The standard InChI is InChI=1S/C18H22N4O4/c1-24-12-5-3-2-4-10(12)18-21-14(26-22-18)7-6-13(23)20-16-15(19)11-8-9-25-17(11)16/h2-5,11,15-17H,6-9,19H2,1H3,(H,20,23)/t11-,15+,16-,17-/m1/s1. The van der Waals surface area contributed by atoms with E-state index in [-0.39, 0.29) is 30.5 Å². The average molecular weight is 358 g/mol. The second-order valence-electron chi connectivity index (χ2n) is 6.67. The first-order chi connectivity index (χ1) is 12.7. The Kier molecular flexibility index (Phi) is 4.60. The highest BCUT2D eigenvalue weighted by Crippen LogP contribution is 2.37. The fourth-order valence-corrected chi connectivity index (χ4v) is 3.70. The highest BCUT2D eigenvalue weighted by atomic mass is 16.5. The zero-order valence-electron chi connectivity index (χ0n) is 14.6. The maximum Gasteiger partial charge on any atom is 0.227 e. The van der Waals surface area contributed by atoms with E-state index in [1.165, 1.54) is 0 Å². The first-order valence-electron chi connectivity index (χ1n) is 8.80. The van der Waals surface area contributed by atoms with Crippen LogP contribution in [-0.4, -0.2) is 48.0 Å². The van der Waals surface area contributed by atoms with Crippen LogP contribution in [-0.2, 0) is 16.0 Å². The number of ether oxygens (including phenoxy) is 2. The van der Waals surface area contributed by atoms with Crippen molar-refractivity contribution in [3.05, 3.63) is 30.2 Å². The molecule has 8 nitrogen and oxygen atoms in total. The molecule has 8 heteroatoms. The monoisotopic (exact) mass is 358 g/mol. The van der Waals surface area contributed by atoms with Crippen molar-refractivity contribution in [3.63, 3.8) is 0 Å². The summed E-state index contributed by atoms with van der Waals surface area (Å²) in [6.45, 7) is 0.725. The molecule has 0 radical (unpaired) electrons. The lowest BCUT2D eigenvalue weighted by atomic mass is 9.72. The third-order valence-electron chi connectivity index (χ3n) is 5.16. The zero-order valence-corrected chi connectivity index (χ0v) is 14.6. The van der Waals surface area contributed by atoms with Gasteiger partial charge in [0.15, 0.2) is 0 Å². The van der Waals surface area contributed by atoms with Crippen molar-refractivity contribution < 1.29 is 18.8 Å². The second-order valence-corrected chi connectivity index (χ2v) is 6.67. The maximum absolute atomic E-state index is 12.2. The molecule has 0 bridgehead atoms. The molecule has 1 aromatic carbocycles. The van der Waals surface area contributed by atoms with Gasteiger partial charge in [0.05, 0.1) is 24.8 Å². The molecule has 1 saturated heterocycles. The molecule has 2 heterocycles. The Morgan fingerprint density at radius 3 is 3.12 bits per heavy atom. The van der Waals surface area contributed by atoms with Crippen LogP contribution in [0.2, 0.25) is 0 Å². The Bertz CT molecular complexity index is 793. The van der Waals surface area contributed by atoms with E-state index in [1.807, 2.05) is 24.3 Å². The van der Waals surface area contributed by atoms with E-state index in [4.69, 9.17) is 19.7 Å². The summed E-state index contributed by atoms with van der Waals surface area (Å²) in [6, 6.07) is 7.32. The molecular formula is C18H22N4O4. The first-order valence-corrected chi connectivity index (χ1v) is 8.80. The number of methoxy groups -OCH3 is 1. The molecule has 1 aliphatic heterocycles. The predicted molar refractivity (Wildman–Crippen MR) is 92.4 cm³/mol. The van der Waals surface area contributed by atoms with Gasteiger partial charge in [0.1, 0.15) is 5.75 Å². The number of nitrogens with one attached hydrogen (secondary N) is 1. The fraction of sp³-hybridized carbons (Fsp3) is 0.500. The van der Waals surface area contributed by atoms with Gasteiger partial charge in [-0.25, -0.2) is 0 Å². The van der Waals surface area contributed by atoms with Crippen molar-refractivity contribution in [2.24, 2.45) is 11.7 Å². The van der Waals surface area contributed by atoms with Crippen LogP contribution < -0.4 is 15.8 Å². The average Bonchev–Trinajstić information content (AvgIpc) is 3.31. The van der Waals surface area contributed by atoms with Crippen molar-refractivity contribution in [2.75, 3.05) is 13.7 Å². The van der Waals surface area contributed by atoms with Crippen LogP contribution in [0.1, 0.15) is 18.7 Å². The number of nitrogens with zero attached hydrogens (tertiary/aromatic N) is 2. The van der Waals surface area contributed by atoms with E-state index in [0.29, 0.717) is 29.8 Å². The third kappa shape index (κ3) is 3.06. The molecule has 1 amide bonds. The van der Waals surface area contributed by atoms with Crippen molar-refractivity contribution in [1.82, 2.24) is 15.5 Å². The van der Waals surface area contributed by atoms with Gasteiger partial charge in [0.25, 0.3) is 0 Å². The number of para-hydroxylation sites is 1. The van der Waals surface area contributed by atoms with Gasteiger partial charge in [-0.15, -0.1) is 0 Å². The number of carbonyl (C=O) groups is 1. The molecule has 4 atom stereocenters. The molecular weight excluding hydrogens is 336 g/mol. The minimum atomic E-state index is -0.0955. The molecule has 3 N–H and O–H groups in total. The van der Waals surface area contributed by atoms with E-state index in [9.17, 15) is 4.79 Å². The van der Waals surface area contributed by atoms with Crippen LogP contribution in [0.5, 0.6) is 5.75 Å². The Morgan fingerprint density at radius 1 is 1.42 bits per heavy atom. The topological polar surface area (TPSA) is 112 Å². The van der Waals surface area contributed by atoms with E-state index in [0.717, 1.165) is 18.6 Å². The highest BCUT2D eigenvalue weighted by molar-refractivity contribution is 5.76. The molecule has 0 spiro atoms. The summed E-state index contributed by atoms with van der Waals surface area (Å²) in [5.74, 6) is 1.81. The van der Waals surface area contributed by atoms with Crippen LogP contribution in [0.15, 0.2) is 28.8 Å².